The third-order valence-corrected chi connectivity index (χ3v) is 3.73. The quantitative estimate of drug-likeness (QED) is 0.524. The molecule has 0 aliphatic rings. The standard InChI is InChI=1S/C17H11ClN4O5/c18-12-6-4-10(5-7-12)15-9-14(21-27-15)17(24)20-19-16(23)11-2-1-3-13(8-11)22(25)26/h1-9H,(H,19,23)(H,20,24). The molecule has 3 rings (SSSR count). The summed E-state index contributed by atoms with van der Waals surface area (Å²) in [4.78, 5) is 34.2. The van der Waals surface area contributed by atoms with Crippen molar-refractivity contribution in [2.24, 2.45) is 0 Å². The van der Waals surface area contributed by atoms with Crippen molar-refractivity contribution in [1.29, 1.82) is 0 Å². The van der Waals surface area contributed by atoms with Crippen LogP contribution in [0.2, 0.25) is 5.02 Å². The van der Waals surface area contributed by atoms with Gasteiger partial charge in [-0.2, -0.15) is 0 Å². The van der Waals surface area contributed by atoms with E-state index in [9.17, 15) is 19.7 Å². The molecule has 0 saturated carbocycles. The molecule has 136 valence electrons. The van der Waals surface area contributed by atoms with Crippen LogP contribution in [-0.4, -0.2) is 21.9 Å². The number of hydrazine groups is 1. The van der Waals surface area contributed by atoms with E-state index in [2.05, 4.69) is 16.0 Å². The van der Waals surface area contributed by atoms with Crippen LogP contribution in [0.3, 0.4) is 0 Å². The molecule has 0 saturated heterocycles. The first kappa shape index (κ1) is 18.1. The first-order valence-corrected chi connectivity index (χ1v) is 7.89. The van der Waals surface area contributed by atoms with Crippen LogP contribution in [0.15, 0.2) is 59.1 Å². The molecular formula is C17H11ClN4O5. The van der Waals surface area contributed by atoms with Crippen molar-refractivity contribution >= 4 is 29.1 Å². The van der Waals surface area contributed by atoms with Gasteiger partial charge in [0.1, 0.15) is 0 Å². The third-order valence-electron chi connectivity index (χ3n) is 3.48. The Morgan fingerprint density at radius 1 is 1.04 bits per heavy atom. The molecule has 1 heterocycles. The Morgan fingerprint density at radius 2 is 1.74 bits per heavy atom. The highest BCUT2D eigenvalue weighted by atomic mass is 35.5. The van der Waals surface area contributed by atoms with Gasteiger partial charge in [0.05, 0.1) is 4.92 Å². The topological polar surface area (TPSA) is 127 Å². The number of rotatable bonds is 4. The molecule has 2 aromatic carbocycles. The van der Waals surface area contributed by atoms with Gasteiger partial charge in [-0.05, 0) is 30.3 Å². The molecule has 2 N–H and O–H groups in total. The molecule has 0 radical (unpaired) electrons. The van der Waals surface area contributed by atoms with Crippen LogP contribution in [0.1, 0.15) is 20.8 Å². The first-order chi connectivity index (χ1) is 12.9. The number of nitro groups is 1. The fourth-order valence-corrected chi connectivity index (χ4v) is 2.27. The summed E-state index contributed by atoms with van der Waals surface area (Å²) in [5, 5.41) is 14.9. The number of nitrogens with one attached hydrogen (secondary N) is 2. The Kier molecular flexibility index (Phi) is 5.13. The Bertz CT molecular complexity index is 1020. The molecule has 0 atom stereocenters. The second kappa shape index (κ2) is 7.67. The fraction of sp³-hybridized carbons (Fsp3) is 0. The lowest BCUT2D eigenvalue weighted by Gasteiger charge is -2.05. The van der Waals surface area contributed by atoms with E-state index in [0.717, 1.165) is 6.07 Å². The van der Waals surface area contributed by atoms with E-state index in [1.54, 1.807) is 24.3 Å². The zero-order valence-corrected chi connectivity index (χ0v) is 14.3. The second-order valence-electron chi connectivity index (χ2n) is 5.30. The Balaban J connectivity index is 1.64. The lowest BCUT2D eigenvalue weighted by Crippen LogP contribution is -2.41. The normalized spacial score (nSPS) is 10.3. The number of nitro benzene ring substituents is 1. The maximum absolute atomic E-state index is 12.1. The van der Waals surface area contributed by atoms with Crippen molar-refractivity contribution in [1.82, 2.24) is 16.0 Å². The number of non-ortho nitro benzene ring substituents is 1. The summed E-state index contributed by atoms with van der Waals surface area (Å²) in [7, 11) is 0. The van der Waals surface area contributed by atoms with E-state index in [4.69, 9.17) is 16.1 Å². The summed E-state index contributed by atoms with van der Waals surface area (Å²) >= 11 is 5.82. The summed E-state index contributed by atoms with van der Waals surface area (Å²) in [6.45, 7) is 0. The SMILES string of the molecule is O=C(NNC(=O)c1cc(-c2ccc(Cl)cc2)on1)c1cccc([N+](=O)[O-])c1. The van der Waals surface area contributed by atoms with E-state index in [0.29, 0.717) is 16.3 Å². The zero-order valence-electron chi connectivity index (χ0n) is 13.5. The molecule has 0 unspecified atom stereocenters. The zero-order chi connectivity index (χ0) is 19.4. The third kappa shape index (κ3) is 4.28. The number of nitrogens with zero attached hydrogens (tertiary/aromatic N) is 2. The number of carbonyl (C=O) groups excluding carboxylic acids is 2. The molecule has 0 spiro atoms. The highest BCUT2D eigenvalue weighted by molar-refractivity contribution is 6.30. The van der Waals surface area contributed by atoms with E-state index in [-0.39, 0.29) is 16.9 Å². The van der Waals surface area contributed by atoms with Gasteiger partial charge in [0.2, 0.25) is 0 Å². The van der Waals surface area contributed by atoms with Gasteiger partial charge in [0.25, 0.3) is 17.5 Å². The van der Waals surface area contributed by atoms with Crippen molar-refractivity contribution in [2.45, 2.75) is 0 Å². The van der Waals surface area contributed by atoms with Gasteiger partial charge in [-0.15, -0.1) is 0 Å². The first-order valence-electron chi connectivity index (χ1n) is 7.52. The van der Waals surface area contributed by atoms with E-state index < -0.39 is 16.7 Å². The lowest BCUT2D eigenvalue weighted by atomic mass is 10.1. The van der Waals surface area contributed by atoms with Gasteiger partial charge in [-0.25, -0.2) is 0 Å². The van der Waals surface area contributed by atoms with Crippen LogP contribution in [0.25, 0.3) is 11.3 Å². The fourth-order valence-electron chi connectivity index (χ4n) is 2.14. The number of amides is 2. The summed E-state index contributed by atoms with van der Waals surface area (Å²) < 4.78 is 5.10. The van der Waals surface area contributed by atoms with Gasteiger partial charge in [-0.3, -0.25) is 30.6 Å². The predicted molar refractivity (Wildman–Crippen MR) is 95.0 cm³/mol. The summed E-state index contributed by atoms with van der Waals surface area (Å²) in [6, 6.07) is 13.2. The molecule has 0 bridgehead atoms. The molecular weight excluding hydrogens is 376 g/mol. The van der Waals surface area contributed by atoms with Crippen LogP contribution >= 0.6 is 11.6 Å². The van der Waals surface area contributed by atoms with Crippen molar-refractivity contribution in [3.63, 3.8) is 0 Å². The summed E-state index contributed by atoms with van der Waals surface area (Å²) in [5.74, 6) is -1.08. The smallest absolute Gasteiger partial charge is 0.291 e. The van der Waals surface area contributed by atoms with Crippen molar-refractivity contribution in [2.75, 3.05) is 0 Å². The maximum atomic E-state index is 12.1. The predicted octanol–water partition coefficient (Wildman–Crippen LogP) is 2.98. The van der Waals surface area contributed by atoms with Gasteiger partial charge < -0.3 is 4.52 Å². The molecule has 27 heavy (non-hydrogen) atoms. The molecule has 10 heteroatoms. The number of hydrogen-bond donors (Lipinski definition) is 2. The van der Waals surface area contributed by atoms with Crippen LogP contribution in [-0.2, 0) is 0 Å². The lowest BCUT2D eigenvalue weighted by molar-refractivity contribution is -0.384. The van der Waals surface area contributed by atoms with Crippen LogP contribution < -0.4 is 10.9 Å². The second-order valence-corrected chi connectivity index (χ2v) is 5.74. The highest BCUT2D eigenvalue weighted by Gasteiger charge is 2.16. The number of benzene rings is 2. The van der Waals surface area contributed by atoms with Crippen molar-refractivity contribution < 1.29 is 19.0 Å². The molecule has 0 fully saturated rings. The Hall–Kier alpha value is -3.72. The van der Waals surface area contributed by atoms with E-state index in [1.807, 2.05) is 0 Å². The van der Waals surface area contributed by atoms with E-state index in [1.165, 1.54) is 24.3 Å². The van der Waals surface area contributed by atoms with Gasteiger partial charge >= 0.3 is 0 Å². The minimum atomic E-state index is -0.714. The largest absolute Gasteiger partial charge is 0.355 e. The number of carbonyl (C=O) groups is 2. The average Bonchev–Trinajstić information content (AvgIpc) is 3.16. The molecule has 0 aliphatic heterocycles. The van der Waals surface area contributed by atoms with Crippen LogP contribution in [0.5, 0.6) is 0 Å². The Labute approximate surface area is 157 Å². The monoisotopic (exact) mass is 386 g/mol. The van der Waals surface area contributed by atoms with Crippen LogP contribution in [0, 0.1) is 10.1 Å². The molecule has 2 amide bonds. The molecule has 3 aromatic rings. The highest BCUT2D eigenvalue weighted by Crippen LogP contribution is 2.22. The Morgan fingerprint density at radius 3 is 2.44 bits per heavy atom. The van der Waals surface area contributed by atoms with Crippen LogP contribution in [0.4, 0.5) is 5.69 Å². The van der Waals surface area contributed by atoms with Gasteiger partial charge in [0.15, 0.2) is 11.5 Å². The number of hydrogen-bond acceptors (Lipinski definition) is 6. The van der Waals surface area contributed by atoms with Gasteiger partial charge in [0, 0.05) is 34.3 Å². The summed E-state index contributed by atoms with van der Waals surface area (Å²) in [5.41, 5.74) is 4.73. The minimum Gasteiger partial charge on any atom is -0.355 e. The molecule has 0 aliphatic carbocycles. The maximum Gasteiger partial charge on any atom is 0.291 e. The van der Waals surface area contributed by atoms with Crippen molar-refractivity contribution in [3.05, 3.63) is 81.0 Å². The minimum absolute atomic E-state index is 0.0199. The number of aromatic nitrogens is 1. The van der Waals surface area contributed by atoms with Crippen molar-refractivity contribution in [3.8, 4) is 11.3 Å². The van der Waals surface area contributed by atoms with Gasteiger partial charge in [-0.1, -0.05) is 22.8 Å². The number of halogens is 1. The summed E-state index contributed by atoms with van der Waals surface area (Å²) in [6.07, 6.45) is 0. The average molecular weight is 387 g/mol. The molecule has 9 nitrogen and oxygen atoms in total. The molecule has 1 aromatic heterocycles. The van der Waals surface area contributed by atoms with E-state index >= 15 is 0 Å².